The van der Waals surface area contributed by atoms with Gasteiger partial charge in [0.15, 0.2) is 0 Å². The minimum Gasteiger partial charge on any atom is -0.497 e. The van der Waals surface area contributed by atoms with Gasteiger partial charge >= 0.3 is 0 Å². The van der Waals surface area contributed by atoms with Crippen molar-refractivity contribution < 1.29 is 4.74 Å². The predicted molar refractivity (Wildman–Crippen MR) is 85.5 cm³/mol. The fourth-order valence-corrected chi connectivity index (χ4v) is 3.44. The molecule has 1 saturated heterocycles. The zero-order valence-corrected chi connectivity index (χ0v) is 13.5. The van der Waals surface area contributed by atoms with Crippen LogP contribution in [0.5, 0.6) is 5.75 Å². The summed E-state index contributed by atoms with van der Waals surface area (Å²) in [5.41, 5.74) is 2.47. The molecule has 0 amide bonds. The van der Waals surface area contributed by atoms with Gasteiger partial charge in [0.25, 0.3) is 0 Å². The first kappa shape index (κ1) is 13.9. The Labute approximate surface area is 127 Å². The number of fused-ring (bicyclic) bond motifs is 1. The van der Waals surface area contributed by atoms with E-state index in [0.29, 0.717) is 6.04 Å². The van der Waals surface area contributed by atoms with E-state index < -0.39 is 0 Å². The third kappa shape index (κ3) is 2.57. The average Bonchev–Trinajstić information content (AvgIpc) is 2.76. The number of ether oxygens (including phenoxy) is 1. The van der Waals surface area contributed by atoms with Crippen molar-refractivity contribution >= 4 is 26.8 Å². The number of benzene rings is 1. The zero-order valence-electron chi connectivity index (χ0n) is 11.9. The average molecular weight is 338 g/mol. The lowest BCUT2D eigenvalue weighted by molar-refractivity contribution is 0.199. The number of methoxy groups -OCH3 is 1. The SMILES string of the molecule is COc1ccc2c(CC3CNCCN3C)c(Br)[nH]c2c1. The number of hydrogen-bond donors (Lipinski definition) is 2. The molecule has 1 aliphatic rings. The summed E-state index contributed by atoms with van der Waals surface area (Å²) in [5.74, 6) is 0.884. The van der Waals surface area contributed by atoms with Gasteiger partial charge in [-0.25, -0.2) is 0 Å². The van der Waals surface area contributed by atoms with Crippen molar-refractivity contribution in [2.75, 3.05) is 33.8 Å². The summed E-state index contributed by atoms with van der Waals surface area (Å²) in [5, 5.41) is 4.75. The van der Waals surface area contributed by atoms with E-state index in [-0.39, 0.29) is 0 Å². The van der Waals surface area contributed by atoms with Gasteiger partial charge in [0.1, 0.15) is 5.75 Å². The molecule has 0 saturated carbocycles. The van der Waals surface area contributed by atoms with Crippen LogP contribution in [0.3, 0.4) is 0 Å². The molecular formula is C15H20BrN3O. The van der Waals surface area contributed by atoms with Crippen LogP contribution in [0.25, 0.3) is 10.9 Å². The number of nitrogens with zero attached hydrogens (tertiary/aromatic N) is 1. The molecule has 1 aromatic carbocycles. The molecule has 0 radical (unpaired) electrons. The molecule has 108 valence electrons. The van der Waals surface area contributed by atoms with Crippen molar-refractivity contribution in [3.63, 3.8) is 0 Å². The van der Waals surface area contributed by atoms with Crippen molar-refractivity contribution in [3.8, 4) is 5.75 Å². The molecule has 2 aromatic rings. The standard InChI is InChI=1S/C15H20BrN3O/c1-19-6-5-17-9-10(19)7-13-12-4-3-11(20-2)8-14(12)18-15(13)16/h3-4,8,10,17-18H,5-7,9H2,1-2H3. The number of hydrogen-bond acceptors (Lipinski definition) is 3. The summed E-state index contributed by atoms with van der Waals surface area (Å²) >= 11 is 3.67. The maximum Gasteiger partial charge on any atom is 0.120 e. The Bertz CT molecular complexity index is 610. The third-order valence-electron chi connectivity index (χ3n) is 4.15. The highest BCUT2D eigenvalue weighted by molar-refractivity contribution is 9.10. The van der Waals surface area contributed by atoms with Crippen LogP contribution in [0.1, 0.15) is 5.56 Å². The van der Waals surface area contributed by atoms with Gasteiger partial charge in [0.2, 0.25) is 0 Å². The first-order valence-electron chi connectivity index (χ1n) is 6.94. The normalized spacial score (nSPS) is 20.4. The lowest BCUT2D eigenvalue weighted by atomic mass is 10.0. The van der Waals surface area contributed by atoms with Crippen molar-refractivity contribution in [1.82, 2.24) is 15.2 Å². The van der Waals surface area contributed by atoms with Gasteiger partial charge in [0, 0.05) is 37.1 Å². The Morgan fingerprint density at radius 2 is 2.30 bits per heavy atom. The van der Waals surface area contributed by atoms with Crippen molar-refractivity contribution in [1.29, 1.82) is 0 Å². The molecule has 2 heterocycles. The molecule has 3 rings (SSSR count). The molecule has 1 atom stereocenters. The van der Waals surface area contributed by atoms with Gasteiger partial charge in [-0.1, -0.05) is 0 Å². The highest BCUT2D eigenvalue weighted by Gasteiger charge is 2.21. The largest absolute Gasteiger partial charge is 0.497 e. The van der Waals surface area contributed by atoms with Crippen molar-refractivity contribution in [2.24, 2.45) is 0 Å². The molecule has 1 aromatic heterocycles. The van der Waals surface area contributed by atoms with Crippen LogP contribution in [0.2, 0.25) is 0 Å². The zero-order chi connectivity index (χ0) is 14.1. The van der Waals surface area contributed by atoms with Crippen LogP contribution < -0.4 is 10.1 Å². The molecule has 0 aliphatic carbocycles. The summed E-state index contributed by atoms with van der Waals surface area (Å²) in [7, 11) is 3.90. The van der Waals surface area contributed by atoms with Gasteiger partial charge in [-0.05, 0) is 47.1 Å². The molecule has 1 aliphatic heterocycles. The maximum atomic E-state index is 5.28. The van der Waals surface area contributed by atoms with E-state index in [0.717, 1.165) is 41.9 Å². The Balaban J connectivity index is 1.92. The maximum absolute atomic E-state index is 5.28. The van der Waals surface area contributed by atoms with E-state index in [1.54, 1.807) is 7.11 Å². The molecule has 1 unspecified atom stereocenters. The molecule has 0 bridgehead atoms. The highest BCUT2D eigenvalue weighted by atomic mass is 79.9. The van der Waals surface area contributed by atoms with E-state index in [9.17, 15) is 0 Å². The molecule has 20 heavy (non-hydrogen) atoms. The molecule has 2 N–H and O–H groups in total. The quantitative estimate of drug-likeness (QED) is 0.903. The molecule has 5 heteroatoms. The Kier molecular flexibility index (Phi) is 4.01. The van der Waals surface area contributed by atoms with Crippen molar-refractivity contribution in [2.45, 2.75) is 12.5 Å². The number of nitrogens with one attached hydrogen (secondary N) is 2. The van der Waals surface area contributed by atoms with Crippen LogP contribution in [0.15, 0.2) is 22.8 Å². The van der Waals surface area contributed by atoms with E-state index in [2.05, 4.69) is 44.2 Å². The molecule has 4 nitrogen and oxygen atoms in total. The molecule has 1 fully saturated rings. The molecule has 0 spiro atoms. The lowest BCUT2D eigenvalue weighted by Gasteiger charge is -2.33. The summed E-state index contributed by atoms with van der Waals surface area (Å²) in [6.45, 7) is 3.24. The predicted octanol–water partition coefficient (Wildman–Crippen LogP) is 2.39. The smallest absolute Gasteiger partial charge is 0.120 e. The monoisotopic (exact) mass is 337 g/mol. The first-order chi connectivity index (χ1) is 9.69. The second kappa shape index (κ2) is 5.76. The Hall–Kier alpha value is -1.04. The van der Waals surface area contributed by atoms with Crippen LogP contribution in [0, 0.1) is 0 Å². The lowest BCUT2D eigenvalue weighted by Crippen LogP contribution is -2.50. The second-order valence-corrected chi connectivity index (χ2v) is 6.16. The van der Waals surface area contributed by atoms with Crippen LogP contribution in [-0.2, 0) is 6.42 Å². The summed E-state index contributed by atoms with van der Waals surface area (Å²) in [6.07, 6.45) is 1.04. The number of likely N-dealkylation sites (N-methyl/N-ethyl adjacent to an activating group) is 1. The van der Waals surface area contributed by atoms with Crippen LogP contribution in [-0.4, -0.2) is 49.7 Å². The number of rotatable bonds is 3. The minimum absolute atomic E-state index is 0.543. The summed E-state index contributed by atoms with van der Waals surface area (Å²) in [6, 6.07) is 6.75. The van der Waals surface area contributed by atoms with Gasteiger partial charge in [0.05, 0.1) is 17.2 Å². The number of piperazine rings is 1. The number of aromatic nitrogens is 1. The Morgan fingerprint density at radius 1 is 1.45 bits per heavy atom. The second-order valence-electron chi connectivity index (χ2n) is 5.37. The van der Waals surface area contributed by atoms with E-state index in [4.69, 9.17) is 4.74 Å². The first-order valence-corrected chi connectivity index (χ1v) is 7.73. The Morgan fingerprint density at radius 3 is 3.05 bits per heavy atom. The highest BCUT2D eigenvalue weighted by Crippen LogP contribution is 2.30. The van der Waals surface area contributed by atoms with Crippen LogP contribution in [0.4, 0.5) is 0 Å². The number of halogens is 1. The van der Waals surface area contributed by atoms with Gasteiger partial charge in [-0.3, -0.25) is 0 Å². The summed E-state index contributed by atoms with van der Waals surface area (Å²) < 4.78 is 6.37. The van der Waals surface area contributed by atoms with E-state index >= 15 is 0 Å². The minimum atomic E-state index is 0.543. The topological polar surface area (TPSA) is 40.3 Å². The third-order valence-corrected chi connectivity index (χ3v) is 4.82. The summed E-state index contributed by atoms with van der Waals surface area (Å²) in [4.78, 5) is 5.84. The van der Waals surface area contributed by atoms with E-state index in [1.165, 1.54) is 10.9 Å². The fourth-order valence-electron chi connectivity index (χ4n) is 2.85. The van der Waals surface area contributed by atoms with Crippen molar-refractivity contribution in [3.05, 3.63) is 28.4 Å². The number of aromatic amines is 1. The fraction of sp³-hybridized carbons (Fsp3) is 0.467. The number of H-pyrrole nitrogens is 1. The van der Waals surface area contributed by atoms with Gasteiger partial charge < -0.3 is 19.9 Å². The van der Waals surface area contributed by atoms with Gasteiger partial charge in [-0.2, -0.15) is 0 Å². The van der Waals surface area contributed by atoms with Gasteiger partial charge in [-0.15, -0.1) is 0 Å². The van der Waals surface area contributed by atoms with Crippen LogP contribution >= 0.6 is 15.9 Å². The van der Waals surface area contributed by atoms with E-state index in [1.807, 2.05) is 12.1 Å². The molecular weight excluding hydrogens is 318 g/mol.